The molecule has 2 nitrogen and oxygen atoms in total. The monoisotopic (exact) mass is 346 g/mol. The number of aryl methyl sites for hydroxylation is 1. The zero-order valence-electron chi connectivity index (χ0n) is 16.3. The summed E-state index contributed by atoms with van der Waals surface area (Å²) < 4.78 is 0. The maximum atomic E-state index is 3.73. The molecule has 1 heterocycles. The van der Waals surface area contributed by atoms with Crippen LogP contribution in [0.1, 0.15) is 48.4 Å². The minimum atomic E-state index is 0.289. The van der Waals surface area contributed by atoms with E-state index in [2.05, 4.69) is 85.5 Å². The third-order valence-electron chi connectivity index (χ3n) is 6.65. The lowest BCUT2D eigenvalue weighted by Gasteiger charge is -2.45. The zero-order valence-corrected chi connectivity index (χ0v) is 16.3. The third kappa shape index (κ3) is 3.07. The van der Waals surface area contributed by atoms with Gasteiger partial charge in [-0.05, 0) is 76.2 Å². The van der Waals surface area contributed by atoms with Crippen LogP contribution in [0.4, 0.5) is 0 Å². The molecule has 0 saturated heterocycles. The molecule has 4 rings (SSSR count). The fourth-order valence-electron chi connectivity index (χ4n) is 4.91. The lowest BCUT2D eigenvalue weighted by Crippen LogP contribution is -2.48. The molecule has 2 heteroatoms. The molecule has 1 aliphatic carbocycles. The van der Waals surface area contributed by atoms with E-state index in [0.717, 1.165) is 6.42 Å². The van der Waals surface area contributed by atoms with Gasteiger partial charge in [0.2, 0.25) is 0 Å². The number of fused-ring (bicyclic) bond motifs is 1. The Morgan fingerprint density at radius 3 is 2.27 bits per heavy atom. The SMILES string of the molecule is Cc1c(C2CCC(Cc3ccccc3)(N(C)C)CC2)[nH]c2ccccc12. The molecule has 1 aromatic heterocycles. The lowest BCUT2D eigenvalue weighted by atomic mass is 9.71. The first-order chi connectivity index (χ1) is 12.6. The molecule has 0 unspecified atom stereocenters. The van der Waals surface area contributed by atoms with Crippen LogP contribution in [0.3, 0.4) is 0 Å². The van der Waals surface area contributed by atoms with Crippen LogP contribution in [0.15, 0.2) is 54.6 Å². The second kappa shape index (κ2) is 6.92. The number of para-hydroxylation sites is 1. The van der Waals surface area contributed by atoms with Gasteiger partial charge in [-0.1, -0.05) is 48.5 Å². The van der Waals surface area contributed by atoms with Crippen LogP contribution in [0.5, 0.6) is 0 Å². The Labute approximate surface area is 157 Å². The largest absolute Gasteiger partial charge is 0.358 e. The van der Waals surface area contributed by atoms with Crippen LogP contribution < -0.4 is 0 Å². The molecule has 136 valence electrons. The molecular formula is C24H30N2. The first-order valence-electron chi connectivity index (χ1n) is 9.88. The quantitative estimate of drug-likeness (QED) is 0.644. The van der Waals surface area contributed by atoms with E-state index in [1.54, 1.807) is 0 Å². The van der Waals surface area contributed by atoms with Gasteiger partial charge in [-0.25, -0.2) is 0 Å². The Morgan fingerprint density at radius 1 is 0.962 bits per heavy atom. The van der Waals surface area contributed by atoms with E-state index in [-0.39, 0.29) is 5.54 Å². The average Bonchev–Trinajstić information content (AvgIpc) is 3.00. The summed E-state index contributed by atoms with van der Waals surface area (Å²) in [6.45, 7) is 2.28. The number of benzene rings is 2. The minimum Gasteiger partial charge on any atom is -0.358 e. The van der Waals surface area contributed by atoms with E-state index in [0.29, 0.717) is 5.92 Å². The molecule has 0 atom stereocenters. The van der Waals surface area contributed by atoms with Gasteiger partial charge in [-0.3, -0.25) is 0 Å². The van der Waals surface area contributed by atoms with Crippen LogP contribution in [0.25, 0.3) is 10.9 Å². The number of likely N-dealkylation sites (N-methyl/N-ethyl adjacent to an activating group) is 1. The van der Waals surface area contributed by atoms with Crippen molar-refractivity contribution < 1.29 is 0 Å². The summed E-state index contributed by atoms with van der Waals surface area (Å²) in [6.07, 6.45) is 6.19. The minimum absolute atomic E-state index is 0.289. The number of aromatic amines is 1. The Bertz CT molecular complexity index is 868. The number of hydrogen-bond donors (Lipinski definition) is 1. The molecule has 3 aromatic rings. The molecule has 1 aliphatic rings. The molecule has 1 N–H and O–H groups in total. The van der Waals surface area contributed by atoms with E-state index in [1.165, 1.54) is 53.4 Å². The Hall–Kier alpha value is -2.06. The number of nitrogens with one attached hydrogen (secondary N) is 1. The van der Waals surface area contributed by atoms with Crippen molar-refractivity contribution in [3.63, 3.8) is 0 Å². The third-order valence-corrected chi connectivity index (χ3v) is 6.65. The normalized spacial score (nSPS) is 23.6. The van der Waals surface area contributed by atoms with Gasteiger partial charge in [0.25, 0.3) is 0 Å². The van der Waals surface area contributed by atoms with Gasteiger partial charge in [0.15, 0.2) is 0 Å². The van der Waals surface area contributed by atoms with E-state index in [1.807, 2.05) is 0 Å². The average molecular weight is 347 g/mol. The molecule has 1 saturated carbocycles. The molecule has 0 radical (unpaired) electrons. The smallest absolute Gasteiger partial charge is 0.0458 e. The van der Waals surface area contributed by atoms with Crippen molar-refractivity contribution in [3.05, 3.63) is 71.4 Å². The maximum Gasteiger partial charge on any atom is 0.0458 e. The van der Waals surface area contributed by atoms with E-state index >= 15 is 0 Å². The van der Waals surface area contributed by atoms with E-state index in [9.17, 15) is 0 Å². The van der Waals surface area contributed by atoms with Crippen molar-refractivity contribution in [1.29, 1.82) is 0 Å². The molecule has 2 aromatic carbocycles. The van der Waals surface area contributed by atoms with Gasteiger partial charge < -0.3 is 9.88 Å². The highest BCUT2D eigenvalue weighted by Gasteiger charge is 2.38. The zero-order chi connectivity index (χ0) is 18.1. The second-order valence-electron chi connectivity index (χ2n) is 8.26. The Morgan fingerprint density at radius 2 is 1.62 bits per heavy atom. The molecular weight excluding hydrogens is 316 g/mol. The van der Waals surface area contributed by atoms with E-state index in [4.69, 9.17) is 0 Å². The first-order valence-corrected chi connectivity index (χ1v) is 9.88. The molecule has 0 bridgehead atoms. The summed E-state index contributed by atoms with van der Waals surface area (Å²) >= 11 is 0. The summed E-state index contributed by atoms with van der Waals surface area (Å²) in [4.78, 5) is 6.21. The predicted molar refractivity (Wildman–Crippen MR) is 111 cm³/mol. The topological polar surface area (TPSA) is 19.0 Å². The molecule has 0 aliphatic heterocycles. The fraction of sp³-hybridized carbons (Fsp3) is 0.417. The van der Waals surface area contributed by atoms with Crippen LogP contribution in [0, 0.1) is 6.92 Å². The summed E-state index contributed by atoms with van der Waals surface area (Å²) in [6, 6.07) is 19.7. The van der Waals surface area contributed by atoms with Crippen LogP contribution >= 0.6 is 0 Å². The highest BCUT2D eigenvalue weighted by atomic mass is 15.1. The van der Waals surface area contributed by atoms with Gasteiger partial charge in [0, 0.05) is 22.1 Å². The van der Waals surface area contributed by atoms with E-state index < -0.39 is 0 Å². The number of aromatic nitrogens is 1. The second-order valence-corrected chi connectivity index (χ2v) is 8.26. The van der Waals surface area contributed by atoms with Gasteiger partial charge in [0.1, 0.15) is 0 Å². The van der Waals surface area contributed by atoms with Crippen molar-refractivity contribution in [3.8, 4) is 0 Å². The van der Waals surface area contributed by atoms with Crippen molar-refractivity contribution in [1.82, 2.24) is 9.88 Å². The van der Waals surface area contributed by atoms with Crippen LogP contribution in [-0.2, 0) is 6.42 Å². The van der Waals surface area contributed by atoms with Crippen molar-refractivity contribution in [2.45, 2.75) is 50.5 Å². The molecule has 0 amide bonds. The van der Waals surface area contributed by atoms with Crippen LogP contribution in [0.2, 0.25) is 0 Å². The predicted octanol–water partition coefficient (Wildman–Crippen LogP) is 5.68. The van der Waals surface area contributed by atoms with Crippen LogP contribution in [-0.4, -0.2) is 29.5 Å². The number of nitrogens with zero attached hydrogens (tertiary/aromatic N) is 1. The molecule has 26 heavy (non-hydrogen) atoms. The summed E-state index contributed by atoms with van der Waals surface area (Å²) in [5.41, 5.74) is 5.96. The van der Waals surface area contributed by atoms with Gasteiger partial charge in [0.05, 0.1) is 0 Å². The van der Waals surface area contributed by atoms with Crippen molar-refractivity contribution >= 4 is 10.9 Å². The highest BCUT2D eigenvalue weighted by Crippen LogP contribution is 2.43. The molecule has 1 fully saturated rings. The van der Waals surface area contributed by atoms with Crippen molar-refractivity contribution in [2.75, 3.05) is 14.1 Å². The maximum absolute atomic E-state index is 3.73. The Kier molecular flexibility index (Phi) is 4.62. The van der Waals surface area contributed by atoms with Gasteiger partial charge in [-0.15, -0.1) is 0 Å². The van der Waals surface area contributed by atoms with Gasteiger partial charge >= 0.3 is 0 Å². The number of rotatable bonds is 4. The molecule has 0 spiro atoms. The number of H-pyrrole nitrogens is 1. The van der Waals surface area contributed by atoms with Gasteiger partial charge in [-0.2, -0.15) is 0 Å². The standard InChI is InChI=1S/C24H30N2/c1-18-21-11-7-8-12-22(21)25-23(18)20-13-15-24(16-14-20,26(2)3)17-19-9-5-4-6-10-19/h4-12,20,25H,13-17H2,1-3H3. The summed E-state index contributed by atoms with van der Waals surface area (Å²) in [7, 11) is 4.52. The lowest BCUT2D eigenvalue weighted by molar-refractivity contribution is 0.0920. The number of hydrogen-bond acceptors (Lipinski definition) is 1. The van der Waals surface area contributed by atoms with Crippen molar-refractivity contribution in [2.24, 2.45) is 0 Å². The first kappa shape index (κ1) is 17.4. The summed E-state index contributed by atoms with van der Waals surface area (Å²) in [5, 5.41) is 1.39. The Balaban J connectivity index is 1.55. The fourth-order valence-corrected chi connectivity index (χ4v) is 4.91. The summed E-state index contributed by atoms with van der Waals surface area (Å²) in [5.74, 6) is 0.659. The highest BCUT2D eigenvalue weighted by molar-refractivity contribution is 5.84.